The number of alkyl halides is 30. The van der Waals surface area contributed by atoms with Gasteiger partial charge in [0, 0.05) is 0 Å². The zero-order valence-corrected chi connectivity index (χ0v) is 21.0. The van der Waals surface area contributed by atoms with Gasteiger partial charge in [-0.3, -0.25) is 0 Å². The highest BCUT2D eigenvalue weighted by molar-refractivity contribution is 5.77. The van der Waals surface area contributed by atoms with E-state index in [9.17, 15) is 141 Å². The van der Waals surface area contributed by atoms with Gasteiger partial charge in [0.25, 0.3) is 0 Å². The highest BCUT2D eigenvalue weighted by Gasteiger charge is 2.95. The van der Waals surface area contributed by atoms with Gasteiger partial charge in [-0.15, -0.1) is 0 Å². The number of hydrogen-bond acceptors (Lipinski definition) is 2. The minimum absolute atomic E-state index is 4.28. The van der Waals surface area contributed by atoms with Gasteiger partial charge in [-0.1, -0.05) is 0 Å². The number of aliphatic carboxylic acids is 2. The first-order chi connectivity index (χ1) is 20.9. The molecular formula is C16H2F30O4. The molecule has 0 aliphatic carbocycles. The van der Waals surface area contributed by atoms with E-state index in [1.165, 1.54) is 0 Å². The van der Waals surface area contributed by atoms with E-state index in [2.05, 4.69) is 0 Å². The highest BCUT2D eigenvalue weighted by Crippen LogP contribution is 2.64. The van der Waals surface area contributed by atoms with Crippen LogP contribution in [0.15, 0.2) is 0 Å². The summed E-state index contributed by atoms with van der Waals surface area (Å²) >= 11 is 0. The van der Waals surface area contributed by atoms with E-state index in [0.29, 0.717) is 0 Å². The summed E-state index contributed by atoms with van der Waals surface area (Å²) in [6.45, 7) is 0. The number of hydrogen-bond donors (Lipinski definition) is 2. The van der Waals surface area contributed by atoms with E-state index in [4.69, 9.17) is 10.2 Å². The van der Waals surface area contributed by atoms with Crippen LogP contribution in [-0.4, -0.2) is 106 Å². The number of rotatable bonds is 12. The topological polar surface area (TPSA) is 74.6 Å². The molecule has 0 atom stereocenters. The molecule has 50 heavy (non-hydrogen) atoms. The number of carbonyl (C=O) groups is 2. The van der Waals surface area contributed by atoms with Crippen molar-refractivity contribution in [1.82, 2.24) is 0 Å². The van der Waals surface area contributed by atoms with Crippen LogP contribution in [0.1, 0.15) is 0 Å². The van der Waals surface area contributed by atoms with Crippen LogP contribution >= 0.6 is 0 Å². The summed E-state index contributed by atoms with van der Waals surface area (Å²) in [6, 6.07) is 0. The summed E-state index contributed by atoms with van der Waals surface area (Å²) < 4.78 is 373. The Bertz CT molecular complexity index is 1160. The smallest absolute Gasteiger partial charge is 0.460 e. The molecule has 0 aliphatic rings. The molecule has 300 valence electrons. The molecule has 0 saturated heterocycles. The van der Waals surface area contributed by atoms with Gasteiger partial charge < -0.3 is 10.2 Å². The fourth-order valence-corrected chi connectivity index (χ4v) is 2.20. The third-order valence-corrected chi connectivity index (χ3v) is 5.19. The summed E-state index contributed by atoms with van der Waals surface area (Å²) in [6.07, 6.45) is -15.4. The van der Waals surface area contributed by atoms with Gasteiger partial charge in [-0.25, -0.2) is 9.59 Å². The number of carboxylic acids is 2. The van der Waals surface area contributed by atoms with Gasteiger partial charge in [0.15, 0.2) is 0 Å². The average molecular weight is 828 g/mol. The molecule has 0 spiro atoms. The summed E-state index contributed by atoms with van der Waals surface area (Å²) in [5, 5.41) is 15.1. The Balaban J connectivity index is 0. The zero-order chi connectivity index (χ0) is 42.2. The molecule has 0 heterocycles. The Labute approximate surface area is 248 Å². The van der Waals surface area contributed by atoms with Crippen molar-refractivity contribution >= 4 is 11.9 Å². The van der Waals surface area contributed by atoms with Crippen LogP contribution < -0.4 is 0 Å². The molecule has 0 saturated carbocycles. The van der Waals surface area contributed by atoms with Crippen molar-refractivity contribution in [1.29, 1.82) is 0 Å². The lowest BCUT2D eigenvalue weighted by Crippen LogP contribution is -2.73. The molecule has 0 unspecified atom stereocenters. The molecule has 4 nitrogen and oxygen atoms in total. The second-order valence-corrected chi connectivity index (χ2v) is 8.50. The molecule has 0 fully saturated rings. The van der Waals surface area contributed by atoms with Gasteiger partial charge >= 0.3 is 95.4 Å². The lowest BCUT2D eigenvalue weighted by molar-refractivity contribution is -0.450. The van der Waals surface area contributed by atoms with Crippen LogP contribution in [0, 0.1) is 0 Å². The first kappa shape index (κ1) is 49.0. The van der Waals surface area contributed by atoms with E-state index in [0.717, 1.165) is 0 Å². The largest absolute Gasteiger partial charge is 0.477 e. The second-order valence-electron chi connectivity index (χ2n) is 8.50. The quantitative estimate of drug-likeness (QED) is 0.193. The van der Waals surface area contributed by atoms with E-state index >= 15 is 0 Å². The molecule has 0 bridgehead atoms. The minimum atomic E-state index is -8.47. The van der Waals surface area contributed by atoms with Crippen molar-refractivity contribution < 1.29 is 152 Å². The van der Waals surface area contributed by atoms with Crippen molar-refractivity contribution in [3.8, 4) is 0 Å². The third-order valence-electron chi connectivity index (χ3n) is 5.19. The minimum Gasteiger partial charge on any atom is -0.477 e. The number of carboxylic acid groups (broad SMARTS) is 2. The Hall–Kier alpha value is -3.16. The van der Waals surface area contributed by atoms with E-state index in [1.54, 1.807) is 0 Å². The fourth-order valence-electron chi connectivity index (χ4n) is 2.20. The Morgan fingerprint density at radius 2 is 0.360 bits per heavy atom. The summed E-state index contributed by atoms with van der Waals surface area (Å²) in [5.41, 5.74) is 0. The van der Waals surface area contributed by atoms with Crippen molar-refractivity contribution in [3.05, 3.63) is 0 Å². The van der Waals surface area contributed by atoms with Gasteiger partial charge in [-0.05, 0) is 0 Å². The molecule has 0 aromatic rings. The van der Waals surface area contributed by atoms with Crippen LogP contribution in [0.2, 0.25) is 0 Å². The zero-order valence-electron chi connectivity index (χ0n) is 21.0. The molecule has 0 aromatic heterocycles. The summed E-state index contributed by atoms with van der Waals surface area (Å²) in [7, 11) is 0. The summed E-state index contributed by atoms with van der Waals surface area (Å²) in [4.78, 5) is 19.4. The van der Waals surface area contributed by atoms with Crippen molar-refractivity contribution in [2.45, 2.75) is 83.4 Å². The molecule has 2 N–H and O–H groups in total. The Morgan fingerprint density at radius 1 is 0.240 bits per heavy atom. The van der Waals surface area contributed by atoms with Crippen molar-refractivity contribution in [2.75, 3.05) is 0 Å². The molecule has 0 radical (unpaired) electrons. The first-order valence-corrected chi connectivity index (χ1v) is 10.0. The van der Waals surface area contributed by atoms with Gasteiger partial charge in [-0.2, -0.15) is 132 Å². The van der Waals surface area contributed by atoms with Crippen molar-refractivity contribution in [2.24, 2.45) is 0 Å². The second kappa shape index (κ2) is 12.2. The van der Waals surface area contributed by atoms with Crippen molar-refractivity contribution in [3.63, 3.8) is 0 Å². The fraction of sp³-hybridized carbons (Fsp3) is 0.875. The Kier molecular flexibility index (Phi) is 12.0. The van der Waals surface area contributed by atoms with Gasteiger partial charge in [0.05, 0.1) is 0 Å². The van der Waals surface area contributed by atoms with Gasteiger partial charge in [0.1, 0.15) is 0 Å². The molecular weight excluding hydrogens is 826 g/mol. The van der Waals surface area contributed by atoms with Crippen LogP contribution in [0.3, 0.4) is 0 Å². The van der Waals surface area contributed by atoms with Crippen LogP contribution in [0.4, 0.5) is 132 Å². The SMILES string of the molecule is O=C(O)C(F)(F)C(F)(F)C(F)(F)C(F)(F)C(F)(F)C(F)(F)C(F)(F)F.O=C(O)C(F)(F)C(F)(F)C(F)(F)C(F)(F)C(F)(F)C(F)(F)C(F)(F)F. The number of halogens is 30. The first-order valence-electron chi connectivity index (χ1n) is 10.0. The molecule has 0 rings (SSSR count). The molecule has 0 aliphatic heterocycles. The lowest BCUT2D eigenvalue weighted by Gasteiger charge is -2.40. The average Bonchev–Trinajstić information content (AvgIpc) is 2.86. The van der Waals surface area contributed by atoms with Crippen LogP contribution in [-0.2, 0) is 9.59 Å². The molecule has 0 aromatic carbocycles. The van der Waals surface area contributed by atoms with E-state index in [1.807, 2.05) is 0 Å². The third kappa shape index (κ3) is 6.31. The maximum atomic E-state index is 12.8. The maximum Gasteiger partial charge on any atom is 0.460 e. The van der Waals surface area contributed by atoms with Gasteiger partial charge in [0.2, 0.25) is 0 Å². The monoisotopic (exact) mass is 828 g/mol. The maximum absolute atomic E-state index is 12.8. The lowest BCUT2D eigenvalue weighted by atomic mass is 9.91. The standard InChI is InChI=1S/2C8HF15O2/c2*9-2(10,1(24)25)3(11,12)4(13,14)5(15,16)6(17,18)7(19,20)8(21,22)23/h2*(H,24,25). The molecule has 0 amide bonds. The van der Waals surface area contributed by atoms with Crippen LogP contribution in [0.5, 0.6) is 0 Å². The van der Waals surface area contributed by atoms with E-state index in [-0.39, 0.29) is 0 Å². The molecule has 34 heteroatoms. The predicted molar refractivity (Wildman–Crippen MR) is 86.7 cm³/mol. The predicted octanol–water partition coefficient (Wildman–Crippen LogP) is 8.89. The highest BCUT2D eigenvalue weighted by atomic mass is 19.4. The van der Waals surface area contributed by atoms with Crippen LogP contribution in [0.25, 0.3) is 0 Å². The Morgan fingerprint density at radius 3 is 0.480 bits per heavy atom. The summed E-state index contributed by atoms with van der Waals surface area (Å²) in [5.74, 6) is -106. The normalized spacial score (nSPS) is 16.1. The van der Waals surface area contributed by atoms with E-state index < -0.39 is 95.4 Å².